The Hall–Kier alpha value is -0.350. The van der Waals surface area contributed by atoms with Crippen LogP contribution in [-0.2, 0) is 4.79 Å². The number of nitrogens with zero attached hydrogens (tertiary/aromatic N) is 1. The second-order valence-electron chi connectivity index (χ2n) is 4.29. The topological polar surface area (TPSA) is 20.3 Å². The van der Waals surface area contributed by atoms with Crippen LogP contribution in [0.5, 0.6) is 0 Å². The minimum absolute atomic E-state index is 0.0973. The monoisotopic (exact) mass is 303 g/mol. The van der Waals surface area contributed by atoms with Crippen LogP contribution in [0.3, 0.4) is 0 Å². The number of thiophene rings is 1. The van der Waals surface area contributed by atoms with Gasteiger partial charge in [0.25, 0.3) is 0 Å². The summed E-state index contributed by atoms with van der Waals surface area (Å²) in [6.45, 7) is 6.14. The highest BCUT2D eigenvalue weighted by molar-refractivity contribution is 9.10. The molecule has 1 heterocycles. The van der Waals surface area contributed by atoms with Crippen molar-refractivity contribution >= 4 is 33.2 Å². The standard InChI is InChI=1S/C12H18BrNOS/c1-8(2)11(13)12(15)14(4)9(3)10-6-5-7-16-10/h5-9,11H,1-4H3. The van der Waals surface area contributed by atoms with Crippen LogP contribution in [0.4, 0.5) is 0 Å². The molecule has 0 aliphatic carbocycles. The zero-order chi connectivity index (χ0) is 12.3. The van der Waals surface area contributed by atoms with Crippen molar-refractivity contribution in [2.75, 3.05) is 7.05 Å². The molecule has 1 rings (SSSR count). The van der Waals surface area contributed by atoms with Crippen LogP contribution in [0.25, 0.3) is 0 Å². The molecule has 0 saturated carbocycles. The number of carbonyl (C=O) groups excluding carboxylic acids is 1. The van der Waals surface area contributed by atoms with Crippen LogP contribution in [0.1, 0.15) is 31.7 Å². The van der Waals surface area contributed by atoms with Crippen molar-refractivity contribution in [1.29, 1.82) is 0 Å². The molecule has 0 aliphatic rings. The van der Waals surface area contributed by atoms with Gasteiger partial charge in [-0.3, -0.25) is 4.79 Å². The molecule has 0 aromatic carbocycles. The van der Waals surface area contributed by atoms with Crippen molar-refractivity contribution in [3.8, 4) is 0 Å². The van der Waals surface area contributed by atoms with Crippen molar-refractivity contribution in [2.24, 2.45) is 5.92 Å². The highest BCUT2D eigenvalue weighted by Crippen LogP contribution is 2.26. The first kappa shape index (κ1) is 13.7. The molecule has 0 spiro atoms. The molecule has 0 aliphatic heterocycles. The van der Waals surface area contributed by atoms with Gasteiger partial charge in [0.1, 0.15) is 0 Å². The average Bonchev–Trinajstić information content (AvgIpc) is 2.78. The van der Waals surface area contributed by atoms with Crippen LogP contribution >= 0.6 is 27.3 Å². The molecule has 0 bridgehead atoms. The average molecular weight is 304 g/mol. The Labute approximate surface area is 110 Å². The van der Waals surface area contributed by atoms with E-state index in [4.69, 9.17) is 0 Å². The van der Waals surface area contributed by atoms with Crippen LogP contribution in [-0.4, -0.2) is 22.7 Å². The summed E-state index contributed by atoms with van der Waals surface area (Å²) in [5.41, 5.74) is 0. The Bertz CT molecular complexity index is 337. The fourth-order valence-electron chi connectivity index (χ4n) is 1.39. The maximum atomic E-state index is 12.1. The Morgan fingerprint density at radius 2 is 2.06 bits per heavy atom. The van der Waals surface area contributed by atoms with Gasteiger partial charge in [-0.1, -0.05) is 35.8 Å². The minimum Gasteiger partial charge on any atom is -0.337 e. The van der Waals surface area contributed by atoms with Crippen LogP contribution < -0.4 is 0 Å². The highest BCUT2D eigenvalue weighted by atomic mass is 79.9. The molecular formula is C12H18BrNOS. The second kappa shape index (κ2) is 5.82. The first-order valence-corrected chi connectivity index (χ1v) is 7.18. The normalized spacial score (nSPS) is 14.9. The number of hydrogen-bond donors (Lipinski definition) is 0. The van der Waals surface area contributed by atoms with Crippen molar-refractivity contribution in [2.45, 2.75) is 31.6 Å². The Morgan fingerprint density at radius 1 is 1.44 bits per heavy atom. The first-order valence-electron chi connectivity index (χ1n) is 5.39. The van der Waals surface area contributed by atoms with Crippen LogP contribution in [0, 0.1) is 5.92 Å². The lowest BCUT2D eigenvalue weighted by atomic mass is 10.1. The van der Waals surface area contributed by atoms with E-state index in [0.29, 0.717) is 5.92 Å². The summed E-state index contributed by atoms with van der Waals surface area (Å²) in [5, 5.41) is 2.04. The van der Waals surface area contributed by atoms with Crippen molar-refractivity contribution in [3.05, 3.63) is 22.4 Å². The van der Waals surface area contributed by atoms with Gasteiger partial charge in [-0.15, -0.1) is 11.3 Å². The zero-order valence-electron chi connectivity index (χ0n) is 10.1. The van der Waals surface area contributed by atoms with Gasteiger partial charge in [0, 0.05) is 11.9 Å². The van der Waals surface area contributed by atoms with E-state index < -0.39 is 0 Å². The molecular weight excluding hydrogens is 286 g/mol. The Kier molecular flexibility index (Phi) is 4.99. The Balaban J connectivity index is 2.71. The van der Waals surface area contributed by atoms with Crippen LogP contribution in [0.2, 0.25) is 0 Å². The number of rotatable bonds is 4. The molecule has 90 valence electrons. The van der Waals surface area contributed by atoms with E-state index in [-0.39, 0.29) is 16.8 Å². The number of amides is 1. The molecule has 0 fully saturated rings. The van der Waals surface area contributed by atoms with Crippen LogP contribution in [0.15, 0.2) is 17.5 Å². The lowest BCUT2D eigenvalue weighted by molar-refractivity contribution is -0.131. The molecule has 2 nitrogen and oxygen atoms in total. The fourth-order valence-corrected chi connectivity index (χ4v) is 2.54. The predicted molar refractivity (Wildman–Crippen MR) is 73.1 cm³/mol. The van der Waals surface area contributed by atoms with Gasteiger partial charge >= 0.3 is 0 Å². The largest absolute Gasteiger partial charge is 0.337 e. The van der Waals surface area contributed by atoms with E-state index >= 15 is 0 Å². The number of hydrogen-bond acceptors (Lipinski definition) is 2. The summed E-state index contributed by atoms with van der Waals surface area (Å²) in [6.07, 6.45) is 0. The van der Waals surface area contributed by atoms with Gasteiger partial charge < -0.3 is 4.90 Å². The van der Waals surface area contributed by atoms with E-state index in [0.717, 1.165) is 0 Å². The summed E-state index contributed by atoms with van der Waals surface area (Å²) in [5.74, 6) is 0.460. The van der Waals surface area contributed by atoms with Gasteiger partial charge in [-0.05, 0) is 24.3 Å². The Morgan fingerprint density at radius 3 is 2.50 bits per heavy atom. The van der Waals surface area contributed by atoms with Gasteiger partial charge in [0.2, 0.25) is 5.91 Å². The third-order valence-corrected chi connectivity index (χ3v) is 5.20. The summed E-state index contributed by atoms with van der Waals surface area (Å²) in [7, 11) is 1.86. The van der Waals surface area contributed by atoms with Gasteiger partial charge in [-0.2, -0.15) is 0 Å². The lowest BCUT2D eigenvalue weighted by Crippen LogP contribution is -2.37. The maximum Gasteiger partial charge on any atom is 0.236 e. The summed E-state index contributed by atoms with van der Waals surface area (Å²) < 4.78 is 0. The maximum absolute atomic E-state index is 12.1. The van der Waals surface area contributed by atoms with Crippen molar-refractivity contribution in [3.63, 3.8) is 0 Å². The number of halogens is 1. The van der Waals surface area contributed by atoms with E-state index in [9.17, 15) is 4.79 Å². The highest BCUT2D eigenvalue weighted by Gasteiger charge is 2.26. The van der Waals surface area contributed by atoms with Crippen molar-refractivity contribution < 1.29 is 4.79 Å². The quantitative estimate of drug-likeness (QED) is 0.777. The molecule has 1 aromatic heterocycles. The van der Waals surface area contributed by atoms with Crippen molar-refractivity contribution in [1.82, 2.24) is 4.90 Å². The summed E-state index contributed by atoms with van der Waals surface area (Å²) in [4.78, 5) is 15.0. The molecule has 16 heavy (non-hydrogen) atoms. The number of carbonyl (C=O) groups is 1. The molecule has 0 saturated heterocycles. The van der Waals surface area contributed by atoms with Gasteiger partial charge in [0.05, 0.1) is 10.9 Å². The molecule has 1 aromatic rings. The minimum atomic E-state index is -0.0973. The van der Waals surface area contributed by atoms with Gasteiger partial charge in [-0.25, -0.2) is 0 Å². The summed E-state index contributed by atoms with van der Waals surface area (Å²) in [6, 6.07) is 4.23. The second-order valence-corrected chi connectivity index (χ2v) is 6.25. The molecule has 2 unspecified atom stereocenters. The fraction of sp³-hybridized carbons (Fsp3) is 0.583. The van der Waals surface area contributed by atoms with E-state index in [1.165, 1.54) is 4.88 Å². The third kappa shape index (κ3) is 3.08. The molecule has 4 heteroatoms. The summed E-state index contributed by atoms with van der Waals surface area (Å²) >= 11 is 5.14. The predicted octanol–water partition coefficient (Wildman–Crippen LogP) is 3.69. The van der Waals surface area contributed by atoms with E-state index in [1.54, 1.807) is 11.3 Å². The van der Waals surface area contributed by atoms with Gasteiger partial charge in [0.15, 0.2) is 0 Å². The molecule has 0 N–H and O–H groups in total. The number of alkyl halides is 1. The third-order valence-electron chi connectivity index (χ3n) is 2.70. The molecule has 1 amide bonds. The molecule has 0 radical (unpaired) electrons. The SMILES string of the molecule is CC(C)C(Br)C(=O)N(C)C(C)c1cccs1. The lowest BCUT2D eigenvalue weighted by Gasteiger charge is -2.27. The molecule has 2 atom stereocenters. The van der Waals surface area contributed by atoms with E-state index in [1.807, 2.05) is 37.2 Å². The first-order chi connectivity index (χ1) is 7.45. The zero-order valence-corrected chi connectivity index (χ0v) is 12.5. The smallest absolute Gasteiger partial charge is 0.236 e. The van der Waals surface area contributed by atoms with E-state index in [2.05, 4.69) is 28.9 Å².